The first-order valence-electron chi connectivity index (χ1n) is 8.43. The van der Waals surface area contributed by atoms with Crippen molar-refractivity contribution in [2.24, 2.45) is 4.40 Å². The Hall–Kier alpha value is -1.93. The highest BCUT2D eigenvalue weighted by atomic mass is 35.5. The number of para-hydroxylation sites is 1. The topological polar surface area (TPSA) is 73.8 Å². The van der Waals surface area contributed by atoms with Crippen molar-refractivity contribution in [1.29, 1.82) is 0 Å². The fraction of sp³-hybridized carbons (Fsp3) is 0.278. The molecule has 1 saturated heterocycles. The largest absolute Gasteiger partial charge is 0.341 e. The minimum absolute atomic E-state index is 0.104. The summed E-state index contributed by atoms with van der Waals surface area (Å²) in [5.41, 5.74) is 1.68. The number of benzene rings is 2. The van der Waals surface area contributed by atoms with Crippen LogP contribution in [0.15, 0.2) is 57.8 Å². The summed E-state index contributed by atoms with van der Waals surface area (Å²) >= 11 is 6.14. The maximum absolute atomic E-state index is 12.4. The molecule has 0 amide bonds. The SMILES string of the molecule is O=S1(=O)N=C(CN2CCNCC2c2cccc(Cl)c2)Nc2ccccc21. The predicted octanol–water partition coefficient (Wildman–Crippen LogP) is 2.50. The molecule has 4 rings (SSSR count). The molecule has 1 fully saturated rings. The third-order valence-electron chi connectivity index (χ3n) is 4.61. The molecule has 0 aromatic heterocycles. The van der Waals surface area contributed by atoms with Crippen LogP contribution >= 0.6 is 11.6 Å². The van der Waals surface area contributed by atoms with Gasteiger partial charge < -0.3 is 10.6 Å². The molecule has 1 atom stereocenters. The minimum Gasteiger partial charge on any atom is -0.341 e. The molecule has 2 aromatic rings. The summed E-state index contributed by atoms with van der Waals surface area (Å²) in [4.78, 5) is 2.44. The molecule has 0 spiro atoms. The Bertz CT molecular complexity index is 961. The van der Waals surface area contributed by atoms with E-state index in [9.17, 15) is 8.42 Å². The van der Waals surface area contributed by atoms with E-state index in [-0.39, 0.29) is 10.9 Å². The zero-order valence-corrected chi connectivity index (χ0v) is 15.6. The smallest absolute Gasteiger partial charge is 0.286 e. The lowest BCUT2D eigenvalue weighted by Gasteiger charge is -2.37. The van der Waals surface area contributed by atoms with E-state index in [0.717, 1.165) is 25.2 Å². The highest BCUT2D eigenvalue weighted by Crippen LogP contribution is 2.28. The van der Waals surface area contributed by atoms with Crippen LogP contribution in [0.1, 0.15) is 11.6 Å². The lowest BCUT2D eigenvalue weighted by atomic mass is 10.0. The number of fused-ring (bicyclic) bond motifs is 1. The summed E-state index contributed by atoms with van der Waals surface area (Å²) in [6.07, 6.45) is 0. The van der Waals surface area contributed by atoms with Crippen molar-refractivity contribution in [2.45, 2.75) is 10.9 Å². The van der Waals surface area contributed by atoms with Crippen LogP contribution in [0.25, 0.3) is 0 Å². The van der Waals surface area contributed by atoms with Gasteiger partial charge in [0.25, 0.3) is 10.0 Å². The maximum Gasteiger partial charge on any atom is 0.286 e. The predicted molar refractivity (Wildman–Crippen MR) is 103 cm³/mol. The first-order valence-corrected chi connectivity index (χ1v) is 10.2. The number of amidine groups is 1. The Morgan fingerprint density at radius 1 is 1.19 bits per heavy atom. The number of rotatable bonds is 3. The van der Waals surface area contributed by atoms with Gasteiger partial charge in [-0.1, -0.05) is 35.9 Å². The molecular weight excluding hydrogens is 372 g/mol. The van der Waals surface area contributed by atoms with E-state index in [4.69, 9.17) is 11.6 Å². The van der Waals surface area contributed by atoms with Crippen LogP contribution in [-0.4, -0.2) is 45.3 Å². The van der Waals surface area contributed by atoms with Gasteiger partial charge in [-0.25, -0.2) is 0 Å². The van der Waals surface area contributed by atoms with Gasteiger partial charge in [-0.3, -0.25) is 4.90 Å². The third kappa shape index (κ3) is 3.48. The molecule has 1 unspecified atom stereocenters. The van der Waals surface area contributed by atoms with E-state index in [0.29, 0.717) is 23.1 Å². The first-order chi connectivity index (χ1) is 12.5. The highest BCUT2D eigenvalue weighted by molar-refractivity contribution is 7.90. The van der Waals surface area contributed by atoms with Crippen LogP contribution in [0.4, 0.5) is 5.69 Å². The van der Waals surface area contributed by atoms with E-state index < -0.39 is 10.0 Å². The monoisotopic (exact) mass is 390 g/mol. The van der Waals surface area contributed by atoms with Crippen molar-refractivity contribution in [3.05, 3.63) is 59.1 Å². The lowest BCUT2D eigenvalue weighted by Crippen LogP contribution is -2.49. The Morgan fingerprint density at radius 2 is 2.04 bits per heavy atom. The number of hydrogen-bond donors (Lipinski definition) is 2. The number of nitrogens with zero attached hydrogens (tertiary/aromatic N) is 2. The van der Waals surface area contributed by atoms with Crippen LogP contribution in [-0.2, 0) is 10.0 Å². The van der Waals surface area contributed by atoms with Gasteiger partial charge in [0.1, 0.15) is 10.7 Å². The van der Waals surface area contributed by atoms with Crippen LogP contribution in [0.2, 0.25) is 5.02 Å². The van der Waals surface area contributed by atoms with Crippen molar-refractivity contribution in [3.8, 4) is 0 Å². The van der Waals surface area contributed by atoms with Gasteiger partial charge in [-0.05, 0) is 29.8 Å². The Morgan fingerprint density at radius 3 is 2.88 bits per heavy atom. The summed E-state index contributed by atoms with van der Waals surface area (Å²) in [5.74, 6) is 0.442. The molecule has 8 heteroatoms. The molecule has 2 aromatic carbocycles. The number of sulfonamides is 1. The van der Waals surface area contributed by atoms with Gasteiger partial charge in [0, 0.05) is 30.7 Å². The Labute approximate surface area is 157 Å². The second kappa shape index (κ2) is 7.00. The number of halogens is 1. The quantitative estimate of drug-likeness (QED) is 0.842. The highest BCUT2D eigenvalue weighted by Gasteiger charge is 2.29. The average Bonchev–Trinajstić information content (AvgIpc) is 2.62. The van der Waals surface area contributed by atoms with Crippen molar-refractivity contribution < 1.29 is 8.42 Å². The lowest BCUT2D eigenvalue weighted by molar-refractivity contribution is 0.186. The summed E-state index contributed by atoms with van der Waals surface area (Å²) < 4.78 is 28.9. The Kier molecular flexibility index (Phi) is 4.71. The van der Waals surface area contributed by atoms with Crippen LogP contribution in [0, 0.1) is 0 Å². The summed E-state index contributed by atoms with van der Waals surface area (Å²) in [6.45, 7) is 2.83. The number of piperazine rings is 1. The molecule has 2 aliphatic rings. The van der Waals surface area contributed by atoms with Gasteiger partial charge in [0.15, 0.2) is 0 Å². The molecule has 136 valence electrons. The van der Waals surface area contributed by atoms with Crippen molar-refractivity contribution in [1.82, 2.24) is 10.2 Å². The number of hydrogen-bond acceptors (Lipinski definition) is 5. The normalized spacial score (nSPS) is 22.2. The van der Waals surface area contributed by atoms with Crippen LogP contribution in [0.5, 0.6) is 0 Å². The van der Waals surface area contributed by atoms with E-state index in [1.165, 1.54) is 0 Å². The van der Waals surface area contributed by atoms with Gasteiger partial charge in [-0.2, -0.15) is 8.42 Å². The van der Waals surface area contributed by atoms with Crippen LogP contribution in [0.3, 0.4) is 0 Å². The van der Waals surface area contributed by atoms with E-state index >= 15 is 0 Å². The van der Waals surface area contributed by atoms with Gasteiger partial charge in [0.2, 0.25) is 0 Å². The zero-order chi connectivity index (χ0) is 18.1. The fourth-order valence-corrected chi connectivity index (χ4v) is 4.74. The fourth-order valence-electron chi connectivity index (χ4n) is 3.41. The Balaban J connectivity index is 1.60. The minimum atomic E-state index is -3.67. The summed E-state index contributed by atoms with van der Waals surface area (Å²) in [5, 5.41) is 7.25. The molecule has 2 N–H and O–H groups in total. The second-order valence-corrected chi connectivity index (χ2v) is 8.39. The van der Waals surface area contributed by atoms with Gasteiger partial charge >= 0.3 is 0 Å². The summed E-state index contributed by atoms with van der Waals surface area (Å²) in [7, 11) is -3.67. The zero-order valence-electron chi connectivity index (χ0n) is 14.0. The van der Waals surface area contributed by atoms with Gasteiger partial charge in [-0.15, -0.1) is 4.40 Å². The second-order valence-electron chi connectivity index (χ2n) is 6.38. The number of nitrogens with one attached hydrogen (secondary N) is 2. The molecule has 2 heterocycles. The molecule has 0 bridgehead atoms. The van der Waals surface area contributed by atoms with E-state index in [1.54, 1.807) is 18.2 Å². The van der Waals surface area contributed by atoms with Crippen molar-refractivity contribution >= 4 is 33.1 Å². The number of anilines is 1. The molecule has 0 saturated carbocycles. The molecule has 0 radical (unpaired) electrons. The molecular formula is C18H19ClN4O2S. The standard InChI is InChI=1S/C18H19ClN4O2S/c19-14-5-3-4-13(10-14)16-11-20-8-9-23(16)12-18-21-15-6-1-2-7-17(15)26(24,25)22-18/h1-7,10,16,20H,8-9,11-12H2,(H,21,22). The van der Waals surface area contributed by atoms with E-state index in [1.807, 2.05) is 30.3 Å². The van der Waals surface area contributed by atoms with Crippen molar-refractivity contribution in [3.63, 3.8) is 0 Å². The third-order valence-corrected chi connectivity index (χ3v) is 6.22. The molecule has 26 heavy (non-hydrogen) atoms. The average molecular weight is 391 g/mol. The van der Waals surface area contributed by atoms with E-state index in [2.05, 4.69) is 19.9 Å². The molecule has 6 nitrogen and oxygen atoms in total. The first kappa shape index (κ1) is 17.5. The molecule has 0 aliphatic carbocycles. The van der Waals surface area contributed by atoms with Crippen molar-refractivity contribution in [2.75, 3.05) is 31.5 Å². The van der Waals surface area contributed by atoms with Crippen LogP contribution < -0.4 is 10.6 Å². The maximum atomic E-state index is 12.4. The molecule has 2 aliphatic heterocycles. The summed E-state index contributed by atoms with van der Waals surface area (Å²) in [6, 6.07) is 14.7. The van der Waals surface area contributed by atoms with Gasteiger partial charge in [0.05, 0.1) is 12.2 Å².